The monoisotopic (exact) mass is 493 g/mol. The summed E-state index contributed by atoms with van der Waals surface area (Å²) in [5, 5.41) is 0.951. The molecule has 1 aliphatic heterocycles. The van der Waals surface area contributed by atoms with Crippen molar-refractivity contribution in [2.45, 2.75) is 9.79 Å². The molecule has 1 aliphatic rings. The maximum Gasteiger partial charge on any atom is 0.227 e. The number of anilines is 3. The van der Waals surface area contributed by atoms with Crippen LogP contribution in [0, 0.1) is 0 Å². The van der Waals surface area contributed by atoms with E-state index in [4.69, 9.17) is 33.7 Å². The predicted molar refractivity (Wildman–Crippen MR) is 126 cm³/mol. The normalized spacial score (nSPS) is 14.5. The van der Waals surface area contributed by atoms with Crippen molar-refractivity contribution in [3.8, 4) is 5.75 Å². The van der Waals surface area contributed by atoms with E-state index in [0.717, 1.165) is 18.8 Å². The van der Waals surface area contributed by atoms with Crippen LogP contribution in [0.1, 0.15) is 0 Å². The van der Waals surface area contributed by atoms with Gasteiger partial charge in [-0.05, 0) is 36.4 Å². The zero-order chi connectivity index (χ0) is 22.9. The van der Waals surface area contributed by atoms with E-state index in [0.29, 0.717) is 24.1 Å². The van der Waals surface area contributed by atoms with E-state index in [-0.39, 0.29) is 26.4 Å². The third kappa shape index (κ3) is 4.41. The third-order valence-electron chi connectivity index (χ3n) is 5.21. The summed E-state index contributed by atoms with van der Waals surface area (Å²) in [5.41, 5.74) is 7.11. The summed E-state index contributed by atoms with van der Waals surface area (Å²) < 4.78 is 31.5. The van der Waals surface area contributed by atoms with Gasteiger partial charge in [0.2, 0.25) is 15.8 Å². The van der Waals surface area contributed by atoms with Crippen molar-refractivity contribution in [3.05, 3.63) is 58.7 Å². The van der Waals surface area contributed by atoms with Gasteiger partial charge in [0.05, 0.1) is 13.3 Å². The lowest BCUT2D eigenvalue weighted by atomic mass is 10.2. The summed E-state index contributed by atoms with van der Waals surface area (Å²) in [5.74, 6) is 0.412. The summed E-state index contributed by atoms with van der Waals surface area (Å²) in [6.45, 7) is 2.78. The summed E-state index contributed by atoms with van der Waals surface area (Å²) in [7, 11) is -2.65. The van der Waals surface area contributed by atoms with Crippen LogP contribution in [0.4, 0.5) is 17.5 Å². The van der Waals surface area contributed by atoms with Crippen molar-refractivity contribution >= 4 is 50.5 Å². The second kappa shape index (κ2) is 9.01. The first-order chi connectivity index (χ1) is 15.3. The molecule has 32 heavy (non-hydrogen) atoms. The number of sulfone groups is 1. The van der Waals surface area contributed by atoms with Crippen LogP contribution in [0.3, 0.4) is 0 Å². The topological polar surface area (TPSA) is 102 Å². The number of nitrogens with zero attached hydrogens (tertiary/aromatic N) is 4. The van der Waals surface area contributed by atoms with E-state index in [1.165, 1.54) is 25.4 Å². The Kier molecular flexibility index (Phi) is 6.32. The van der Waals surface area contributed by atoms with Crippen LogP contribution in [-0.2, 0) is 9.84 Å². The number of ether oxygens (including phenoxy) is 1. The van der Waals surface area contributed by atoms with Crippen molar-refractivity contribution in [2.75, 3.05) is 48.8 Å². The van der Waals surface area contributed by atoms with E-state index in [2.05, 4.69) is 14.9 Å². The minimum Gasteiger partial charge on any atom is -0.495 e. The molecule has 11 heteroatoms. The Balaban J connectivity index is 1.55. The van der Waals surface area contributed by atoms with Gasteiger partial charge in [-0.2, -0.15) is 4.98 Å². The van der Waals surface area contributed by atoms with E-state index in [1.54, 1.807) is 6.07 Å². The lowest BCUT2D eigenvalue weighted by Crippen LogP contribution is -2.47. The van der Waals surface area contributed by atoms with Crippen LogP contribution >= 0.6 is 23.2 Å². The Morgan fingerprint density at radius 1 is 0.969 bits per heavy atom. The Labute approximate surface area is 196 Å². The number of hydrogen-bond donors (Lipinski definition) is 1. The Morgan fingerprint density at radius 2 is 1.66 bits per heavy atom. The van der Waals surface area contributed by atoms with Crippen LogP contribution in [0.25, 0.3) is 0 Å². The molecule has 168 valence electrons. The van der Waals surface area contributed by atoms with E-state index in [1.807, 2.05) is 29.2 Å². The highest BCUT2D eigenvalue weighted by Gasteiger charge is 2.28. The smallest absolute Gasteiger partial charge is 0.227 e. The summed E-state index contributed by atoms with van der Waals surface area (Å²) in [6, 6.07) is 12.0. The van der Waals surface area contributed by atoms with Crippen molar-refractivity contribution in [1.82, 2.24) is 9.97 Å². The highest BCUT2D eigenvalue weighted by atomic mass is 35.5. The van der Waals surface area contributed by atoms with Gasteiger partial charge >= 0.3 is 0 Å². The largest absolute Gasteiger partial charge is 0.495 e. The quantitative estimate of drug-likeness (QED) is 0.575. The number of rotatable bonds is 5. The fourth-order valence-electron chi connectivity index (χ4n) is 3.55. The van der Waals surface area contributed by atoms with Gasteiger partial charge in [-0.25, -0.2) is 13.4 Å². The molecule has 0 atom stereocenters. The average Bonchev–Trinajstić information content (AvgIpc) is 2.79. The van der Waals surface area contributed by atoms with Crippen LogP contribution in [0.5, 0.6) is 5.75 Å². The number of halogens is 2. The average molecular weight is 494 g/mol. The van der Waals surface area contributed by atoms with Gasteiger partial charge < -0.3 is 20.3 Å². The van der Waals surface area contributed by atoms with E-state index < -0.39 is 9.84 Å². The number of hydrogen-bond acceptors (Lipinski definition) is 8. The molecule has 0 amide bonds. The number of aromatic nitrogens is 2. The van der Waals surface area contributed by atoms with Gasteiger partial charge in [-0.15, -0.1) is 0 Å². The molecule has 2 N–H and O–H groups in total. The summed E-state index contributed by atoms with van der Waals surface area (Å²) in [4.78, 5) is 12.5. The highest BCUT2D eigenvalue weighted by molar-refractivity contribution is 7.91. The zero-order valence-electron chi connectivity index (χ0n) is 17.2. The first kappa shape index (κ1) is 22.4. The first-order valence-electron chi connectivity index (χ1n) is 9.76. The molecule has 0 saturated carbocycles. The molecule has 1 fully saturated rings. The minimum absolute atomic E-state index is 0.0920. The van der Waals surface area contributed by atoms with Crippen molar-refractivity contribution in [1.29, 1.82) is 0 Å². The molecule has 2 aromatic carbocycles. The molecule has 0 spiro atoms. The Hall–Kier alpha value is -2.75. The van der Waals surface area contributed by atoms with Crippen molar-refractivity contribution < 1.29 is 13.2 Å². The van der Waals surface area contributed by atoms with Crippen molar-refractivity contribution in [2.24, 2.45) is 0 Å². The van der Waals surface area contributed by atoms with Gasteiger partial charge in [-0.1, -0.05) is 29.3 Å². The maximum absolute atomic E-state index is 13.2. The second-order valence-electron chi connectivity index (χ2n) is 7.17. The molecular formula is C21H21Cl2N5O3S. The molecule has 4 rings (SSSR count). The van der Waals surface area contributed by atoms with Gasteiger partial charge in [0.1, 0.15) is 21.4 Å². The molecule has 0 radical (unpaired) electrons. The number of benzene rings is 2. The van der Waals surface area contributed by atoms with Crippen LogP contribution in [0.15, 0.2) is 58.5 Å². The lowest BCUT2D eigenvalue weighted by Gasteiger charge is -2.36. The maximum atomic E-state index is 13.2. The number of nitrogen functional groups attached to an aromatic ring is 1. The highest BCUT2D eigenvalue weighted by Crippen LogP contribution is 2.34. The molecule has 8 nitrogen and oxygen atoms in total. The number of methoxy groups -OCH3 is 1. The Bertz CT molecular complexity index is 1250. The van der Waals surface area contributed by atoms with Crippen LogP contribution in [-0.4, -0.2) is 51.7 Å². The first-order valence-corrected chi connectivity index (χ1v) is 12.0. The van der Waals surface area contributed by atoms with E-state index >= 15 is 0 Å². The number of piperazine rings is 1. The van der Waals surface area contributed by atoms with Gasteiger partial charge in [0.25, 0.3) is 0 Å². The predicted octanol–water partition coefficient (Wildman–Crippen LogP) is 3.53. The summed E-state index contributed by atoms with van der Waals surface area (Å²) in [6.07, 6.45) is 1.23. The zero-order valence-corrected chi connectivity index (χ0v) is 19.5. The standard InChI is InChI=1S/C21H21Cl2N5O3S/c1-31-17-6-5-15(23)12-18(17)32(29,30)19-13-25-21(26-20(19)24)28-9-7-27(8-10-28)16-4-2-3-14(22)11-16/h2-6,11-13H,7-10H2,1H3,(H2,24,25,26). The van der Waals surface area contributed by atoms with Crippen molar-refractivity contribution in [3.63, 3.8) is 0 Å². The number of nitrogens with two attached hydrogens (primary N) is 1. The lowest BCUT2D eigenvalue weighted by molar-refractivity contribution is 0.402. The third-order valence-corrected chi connectivity index (χ3v) is 7.47. The summed E-state index contributed by atoms with van der Waals surface area (Å²) >= 11 is 12.1. The van der Waals surface area contributed by atoms with Gasteiger partial charge in [0, 0.05) is 41.9 Å². The second-order valence-corrected chi connectivity index (χ2v) is 9.93. The van der Waals surface area contributed by atoms with Crippen LogP contribution < -0.4 is 20.3 Å². The van der Waals surface area contributed by atoms with Gasteiger partial charge in [0.15, 0.2) is 0 Å². The molecule has 1 aromatic heterocycles. The van der Waals surface area contributed by atoms with E-state index in [9.17, 15) is 8.42 Å². The van der Waals surface area contributed by atoms with Crippen LogP contribution in [0.2, 0.25) is 10.0 Å². The SMILES string of the molecule is COc1ccc(Cl)cc1S(=O)(=O)c1cnc(N2CCN(c3cccc(Cl)c3)CC2)nc1N. The molecule has 0 aliphatic carbocycles. The molecule has 0 unspecified atom stereocenters. The molecule has 0 bridgehead atoms. The minimum atomic E-state index is -4.03. The fourth-order valence-corrected chi connectivity index (χ4v) is 5.42. The molecular weight excluding hydrogens is 473 g/mol. The Morgan fingerprint density at radius 3 is 2.31 bits per heavy atom. The van der Waals surface area contributed by atoms with Gasteiger partial charge in [-0.3, -0.25) is 0 Å². The molecule has 3 aromatic rings. The fraction of sp³-hybridized carbons (Fsp3) is 0.238. The molecule has 2 heterocycles. The molecule has 1 saturated heterocycles.